The molecular weight excluding hydrogens is 302 g/mol. The number of nitrogens with one attached hydrogen (secondary N) is 2. The van der Waals surface area contributed by atoms with E-state index >= 15 is 0 Å². The molecule has 0 spiro atoms. The van der Waals surface area contributed by atoms with Gasteiger partial charge in [-0.05, 0) is 37.0 Å². The average Bonchev–Trinajstić information content (AvgIpc) is 2.57. The van der Waals surface area contributed by atoms with E-state index in [1.54, 1.807) is 7.11 Å². The minimum atomic E-state index is 0.211. The quantitative estimate of drug-likeness (QED) is 0.415. The van der Waals surface area contributed by atoms with E-state index in [2.05, 4.69) is 42.3 Å². The van der Waals surface area contributed by atoms with Gasteiger partial charge in [-0.3, -0.25) is 0 Å². The third-order valence-electron chi connectivity index (χ3n) is 3.32. The number of nitrogens with zero attached hydrogens (tertiary/aromatic N) is 1. The summed E-state index contributed by atoms with van der Waals surface area (Å²) < 4.78 is 10.8. The van der Waals surface area contributed by atoms with Crippen molar-refractivity contribution in [3.05, 3.63) is 23.8 Å². The second kappa shape index (κ2) is 11.2. The number of benzene rings is 1. The van der Waals surface area contributed by atoms with E-state index in [9.17, 15) is 0 Å². The van der Waals surface area contributed by atoms with E-state index in [0.717, 1.165) is 31.0 Å². The molecule has 0 saturated heterocycles. The minimum Gasteiger partial charge on any atom is -0.493 e. The first-order valence-electron chi connectivity index (χ1n) is 8.36. The molecular formula is C19H29N3O2. The first-order chi connectivity index (χ1) is 11.6. The van der Waals surface area contributed by atoms with Crippen molar-refractivity contribution in [3.8, 4) is 23.8 Å². The summed E-state index contributed by atoms with van der Waals surface area (Å²) in [7, 11) is 1.61. The average molecular weight is 331 g/mol. The number of ether oxygens (including phenoxy) is 2. The summed E-state index contributed by atoms with van der Waals surface area (Å²) in [6.07, 6.45) is 6.36. The van der Waals surface area contributed by atoms with Gasteiger partial charge in [0.15, 0.2) is 17.5 Å². The van der Waals surface area contributed by atoms with Gasteiger partial charge in [0.05, 0.1) is 13.7 Å². The lowest BCUT2D eigenvalue weighted by Gasteiger charge is -2.13. The van der Waals surface area contributed by atoms with Gasteiger partial charge in [0.1, 0.15) is 6.61 Å². The number of guanidine groups is 1. The van der Waals surface area contributed by atoms with Crippen LogP contribution < -0.4 is 20.1 Å². The maximum atomic E-state index is 5.52. The molecule has 1 aromatic rings. The van der Waals surface area contributed by atoms with Crippen LogP contribution in [-0.4, -0.2) is 32.8 Å². The van der Waals surface area contributed by atoms with Crippen LogP contribution in [0.15, 0.2) is 23.2 Å². The van der Waals surface area contributed by atoms with Crippen LogP contribution in [0.3, 0.4) is 0 Å². The number of methoxy groups -OCH3 is 1. The Balaban J connectivity index is 2.75. The highest BCUT2D eigenvalue weighted by molar-refractivity contribution is 5.79. The molecule has 5 heteroatoms. The molecule has 0 aliphatic heterocycles. The number of rotatable bonds is 9. The van der Waals surface area contributed by atoms with Crippen molar-refractivity contribution >= 4 is 5.96 Å². The van der Waals surface area contributed by atoms with Gasteiger partial charge in [-0.15, -0.1) is 6.42 Å². The first kappa shape index (κ1) is 19.7. The smallest absolute Gasteiger partial charge is 0.191 e. The summed E-state index contributed by atoms with van der Waals surface area (Å²) in [6.45, 7) is 8.96. The van der Waals surface area contributed by atoms with Crippen molar-refractivity contribution in [1.82, 2.24) is 10.6 Å². The molecule has 0 fully saturated rings. The zero-order valence-electron chi connectivity index (χ0n) is 15.2. The van der Waals surface area contributed by atoms with Crippen LogP contribution in [0.25, 0.3) is 0 Å². The summed E-state index contributed by atoms with van der Waals surface area (Å²) in [6, 6.07) is 5.76. The van der Waals surface area contributed by atoms with E-state index in [0.29, 0.717) is 24.0 Å². The van der Waals surface area contributed by atoms with Crippen molar-refractivity contribution in [3.63, 3.8) is 0 Å². The maximum Gasteiger partial charge on any atom is 0.191 e. The van der Waals surface area contributed by atoms with Gasteiger partial charge in [-0.1, -0.05) is 25.8 Å². The van der Waals surface area contributed by atoms with Crippen LogP contribution >= 0.6 is 0 Å². The van der Waals surface area contributed by atoms with Crippen LogP contribution in [0.1, 0.15) is 32.8 Å². The summed E-state index contributed by atoms with van der Waals surface area (Å²) in [4.78, 5) is 4.62. The van der Waals surface area contributed by atoms with Crippen molar-refractivity contribution in [2.45, 2.75) is 33.7 Å². The van der Waals surface area contributed by atoms with Crippen LogP contribution in [0, 0.1) is 18.3 Å². The summed E-state index contributed by atoms with van der Waals surface area (Å²) in [5, 5.41) is 6.60. The van der Waals surface area contributed by atoms with E-state index < -0.39 is 0 Å². The fraction of sp³-hybridized carbons (Fsp3) is 0.526. The lowest BCUT2D eigenvalue weighted by atomic mass is 10.1. The summed E-state index contributed by atoms with van der Waals surface area (Å²) in [5.74, 6) is 5.25. The number of hydrogen-bond acceptors (Lipinski definition) is 3. The maximum absolute atomic E-state index is 5.52. The van der Waals surface area contributed by atoms with E-state index in [4.69, 9.17) is 15.9 Å². The molecule has 0 aromatic heterocycles. The highest BCUT2D eigenvalue weighted by Gasteiger charge is 2.06. The van der Waals surface area contributed by atoms with Gasteiger partial charge in [-0.25, -0.2) is 4.99 Å². The summed E-state index contributed by atoms with van der Waals surface area (Å²) in [5.41, 5.74) is 1.03. The summed E-state index contributed by atoms with van der Waals surface area (Å²) >= 11 is 0. The third kappa shape index (κ3) is 7.28. The Kier molecular flexibility index (Phi) is 9.21. The zero-order valence-corrected chi connectivity index (χ0v) is 15.2. The number of terminal acetylenes is 1. The molecule has 1 aromatic carbocycles. The van der Waals surface area contributed by atoms with Crippen molar-refractivity contribution in [1.29, 1.82) is 0 Å². The first-order valence-corrected chi connectivity index (χ1v) is 8.36. The molecule has 0 atom stereocenters. The molecule has 0 saturated carbocycles. The predicted molar refractivity (Wildman–Crippen MR) is 99.6 cm³/mol. The Labute approximate surface area is 145 Å². The molecule has 132 valence electrons. The Hall–Kier alpha value is -2.35. The van der Waals surface area contributed by atoms with Gasteiger partial charge >= 0.3 is 0 Å². The highest BCUT2D eigenvalue weighted by atomic mass is 16.5. The van der Waals surface area contributed by atoms with Crippen molar-refractivity contribution in [2.75, 3.05) is 26.8 Å². The van der Waals surface area contributed by atoms with Gasteiger partial charge < -0.3 is 20.1 Å². The number of hydrogen-bond donors (Lipinski definition) is 2. The Morgan fingerprint density at radius 2 is 2.08 bits per heavy atom. The topological polar surface area (TPSA) is 54.9 Å². The fourth-order valence-corrected chi connectivity index (χ4v) is 2.04. The SMILES string of the molecule is C#CCOc1cc(CN=C(NCC)NCCC(C)C)ccc1OC. The number of aliphatic imine (C=N–C) groups is 1. The second-order valence-electron chi connectivity index (χ2n) is 5.78. The fourth-order valence-electron chi connectivity index (χ4n) is 2.04. The molecule has 0 aliphatic rings. The molecule has 0 unspecified atom stereocenters. The van der Waals surface area contributed by atoms with E-state index in [-0.39, 0.29) is 6.61 Å². The third-order valence-corrected chi connectivity index (χ3v) is 3.32. The van der Waals surface area contributed by atoms with Gasteiger partial charge in [-0.2, -0.15) is 0 Å². The Bertz CT molecular complexity index is 562. The van der Waals surface area contributed by atoms with E-state index in [1.807, 2.05) is 18.2 Å². The molecule has 2 N–H and O–H groups in total. The molecule has 24 heavy (non-hydrogen) atoms. The molecule has 1 rings (SSSR count). The standard InChI is InChI=1S/C19H29N3O2/c1-6-12-24-18-13-16(8-9-17(18)23-5)14-22-19(20-7-2)21-11-10-15(3)4/h1,8-9,13,15H,7,10-12,14H2,2-5H3,(H2,20,21,22). The molecule has 5 nitrogen and oxygen atoms in total. The largest absolute Gasteiger partial charge is 0.493 e. The molecule has 0 radical (unpaired) electrons. The van der Waals surface area contributed by atoms with Crippen LogP contribution in [0.2, 0.25) is 0 Å². The van der Waals surface area contributed by atoms with Crippen molar-refractivity contribution in [2.24, 2.45) is 10.9 Å². The lowest BCUT2D eigenvalue weighted by molar-refractivity contribution is 0.330. The predicted octanol–water partition coefficient (Wildman–Crippen LogP) is 2.81. The van der Waals surface area contributed by atoms with Crippen LogP contribution in [0.5, 0.6) is 11.5 Å². The van der Waals surface area contributed by atoms with Gasteiger partial charge in [0, 0.05) is 13.1 Å². The molecule has 0 bridgehead atoms. The molecule has 0 amide bonds. The zero-order chi connectivity index (χ0) is 17.8. The normalized spacial score (nSPS) is 11.1. The van der Waals surface area contributed by atoms with Gasteiger partial charge in [0.2, 0.25) is 0 Å². The van der Waals surface area contributed by atoms with Crippen LogP contribution in [0.4, 0.5) is 0 Å². The second-order valence-corrected chi connectivity index (χ2v) is 5.78. The Morgan fingerprint density at radius 3 is 2.71 bits per heavy atom. The highest BCUT2D eigenvalue weighted by Crippen LogP contribution is 2.28. The van der Waals surface area contributed by atoms with Crippen LogP contribution in [-0.2, 0) is 6.54 Å². The van der Waals surface area contributed by atoms with Gasteiger partial charge in [0.25, 0.3) is 0 Å². The Morgan fingerprint density at radius 1 is 1.29 bits per heavy atom. The van der Waals surface area contributed by atoms with E-state index in [1.165, 1.54) is 0 Å². The lowest BCUT2D eigenvalue weighted by Crippen LogP contribution is -2.38. The van der Waals surface area contributed by atoms with Crippen molar-refractivity contribution < 1.29 is 9.47 Å². The monoisotopic (exact) mass is 331 g/mol. The molecule has 0 heterocycles. The minimum absolute atomic E-state index is 0.211. The molecule has 0 aliphatic carbocycles.